The van der Waals surface area contributed by atoms with Crippen LogP contribution in [0.1, 0.15) is 13.8 Å². The molecule has 0 radical (unpaired) electrons. The minimum absolute atomic E-state index is 0.758. The van der Waals surface area contributed by atoms with Crippen molar-refractivity contribution in [3.63, 3.8) is 0 Å². The van der Waals surface area contributed by atoms with Crippen molar-refractivity contribution >= 4 is 10.8 Å². The van der Waals surface area contributed by atoms with Crippen molar-refractivity contribution in [3.8, 4) is 0 Å². The van der Waals surface area contributed by atoms with E-state index in [1.807, 2.05) is 13.8 Å². The summed E-state index contributed by atoms with van der Waals surface area (Å²) in [7, 11) is -0.758. The highest BCUT2D eigenvalue weighted by molar-refractivity contribution is 7.87. The van der Waals surface area contributed by atoms with Crippen LogP contribution in [0.2, 0.25) is 0 Å². The molecule has 0 aromatic carbocycles. The summed E-state index contributed by atoms with van der Waals surface area (Å²) in [5.74, 6) is 0. The number of rotatable bonds is 1. The van der Waals surface area contributed by atoms with Crippen LogP contribution in [0.4, 0.5) is 0 Å². The Kier molecular flexibility index (Phi) is 2.92. The molecule has 1 nitrogen and oxygen atoms in total. The lowest BCUT2D eigenvalue weighted by atomic mass is 10.4. The summed E-state index contributed by atoms with van der Waals surface area (Å²) in [4.78, 5) is 0. The smallest absolute Gasteiger partial charge is 0.0423 e. The Bertz CT molecular complexity index is 101. The molecule has 0 spiro atoms. The maximum absolute atomic E-state index is 10.3. The maximum atomic E-state index is 10.3. The van der Waals surface area contributed by atoms with E-state index in [1.165, 1.54) is 0 Å². The van der Waals surface area contributed by atoms with E-state index in [1.54, 1.807) is 11.7 Å². The van der Waals surface area contributed by atoms with E-state index >= 15 is 0 Å². The van der Waals surface area contributed by atoms with Crippen LogP contribution in [0.25, 0.3) is 0 Å². The van der Waals surface area contributed by atoms with Gasteiger partial charge in [-0.2, -0.15) is 0 Å². The summed E-state index contributed by atoms with van der Waals surface area (Å²) in [6.07, 6.45) is 1.66. The number of allylic oxidation sites excluding steroid dienone is 1. The van der Waals surface area contributed by atoms with E-state index in [2.05, 4.69) is 0 Å². The van der Waals surface area contributed by atoms with E-state index in [9.17, 15) is 4.21 Å². The van der Waals surface area contributed by atoms with Gasteiger partial charge in [0, 0.05) is 22.5 Å². The van der Waals surface area contributed by atoms with E-state index < -0.39 is 10.8 Å². The van der Waals surface area contributed by atoms with Gasteiger partial charge in [0.1, 0.15) is 0 Å². The zero-order chi connectivity index (χ0) is 5.86. The van der Waals surface area contributed by atoms with Gasteiger partial charge >= 0.3 is 0 Å². The molecule has 2 heteroatoms. The van der Waals surface area contributed by atoms with Gasteiger partial charge in [-0.15, -0.1) is 0 Å². The largest absolute Gasteiger partial charge is 0.255 e. The normalized spacial score (nSPS) is 13.0. The molecule has 0 N–H and O–H groups in total. The maximum Gasteiger partial charge on any atom is 0.0423 e. The van der Waals surface area contributed by atoms with E-state index in [-0.39, 0.29) is 0 Å². The van der Waals surface area contributed by atoms with Crippen molar-refractivity contribution in [2.75, 3.05) is 6.26 Å². The predicted molar refractivity (Wildman–Crippen MR) is 33.5 cm³/mol. The third kappa shape index (κ3) is 5.89. The zero-order valence-electron chi connectivity index (χ0n) is 4.89. The minimum atomic E-state index is -0.758. The topological polar surface area (TPSA) is 17.1 Å². The first-order chi connectivity index (χ1) is 3.13. The van der Waals surface area contributed by atoms with Crippen molar-refractivity contribution in [2.24, 2.45) is 0 Å². The fourth-order valence-electron chi connectivity index (χ4n) is 0.332. The summed E-state index contributed by atoms with van der Waals surface area (Å²) in [6.45, 7) is 3.86. The minimum Gasteiger partial charge on any atom is -0.255 e. The molecule has 0 aromatic heterocycles. The second kappa shape index (κ2) is 2.97. The summed E-state index contributed by atoms with van der Waals surface area (Å²) >= 11 is 0. The molecule has 0 saturated carbocycles. The first kappa shape index (κ1) is 6.89. The van der Waals surface area contributed by atoms with Crippen LogP contribution in [0.3, 0.4) is 0 Å². The van der Waals surface area contributed by atoms with Crippen molar-refractivity contribution in [3.05, 3.63) is 11.0 Å². The van der Waals surface area contributed by atoms with Gasteiger partial charge in [-0.1, -0.05) is 5.57 Å². The summed E-state index contributed by atoms with van der Waals surface area (Å²) < 4.78 is 10.3. The summed E-state index contributed by atoms with van der Waals surface area (Å²) in [5.41, 5.74) is 1.11. The summed E-state index contributed by atoms with van der Waals surface area (Å²) in [5, 5.41) is 1.72. The Morgan fingerprint density at radius 1 is 1.57 bits per heavy atom. The lowest BCUT2D eigenvalue weighted by molar-refractivity contribution is 0.691. The SMILES string of the molecule is CC(C)=CS(C)=O. The molecule has 0 fully saturated rings. The molecule has 0 aromatic rings. The fraction of sp³-hybridized carbons (Fsp3) is 0.600. The van der Waals surface area contributed by atoms with Gasteiger partial charge in [-0.25, -0.2) is 0 Å². The Morgan fingerprint density at radius 3 is 2.00 bits per heavy atom. The highest BCUT2D eigenvalue weighted by atomic mass is 32.2. The van der Waals surface area contributed by atoms with Crippen LogP contribution in [0.5, 0.6) is 0 Å². The molecule has 42 valence electrons. The molecule has 0 bridgehead atoms. The monoisotopic (exact) mass is 118 g/mol. The van der Waals surface area contributed by atoms with Gasteiger partial charge in [-0.05, 0) is 13.8 Å². The molecule has 7 heavy (non-hydrogen) atoms. The molecule has 0 heterocycles. The fourth-order valence-corrected chi connectivity index (χ4v) is 0.996. The van der Waals surface area contributed by atoms with Crippen LogP contribution in [0, 0.1) is 0 Å². The quantitative estimate of drug-likeness (QED) is 0.507. The van der Waals surface area contributed by atoms with E-state index in [0.717, 1.165) is 5.57 Å². The van der Waals surface area contributed by atoms with Crippen LogP contribution in [-0.2, 0) is 10.8 Å². The standard InChI is InChI=1S/C5H10OS/c1-5(2)4-7(3)6/h4H,1-3H3. The Labute approximate surface area is 46.9 Å². The van der Waals surface area contributed by atoms with Crippen molar-refractivity contribution in [2.45, 2.75) is 13.8 Å². The van der Waals surface area contributed by atoms with Gasteiger partial charge in [0.25, 0.3) is 0 Å². The first-order valence-corrected chi connectivity index (χ1v) is 3.72. The van der Waals surface area contributed by atoms with Crippen molar-refractivity contribution in [1.82, 2.24) is 0 Å². The molecule has 0 rings (SSSR count). The molecule has 0 saturated heterocycles. The Morgan fingerprint density at radius 2 is 2.00 bits per heavy atom. The highest BCUT2D eigenvalue weighted by Crippen LogP contribution is 1.88. The third-order valence-corrected chi connectivity index (χ3v) is 1.20. The average Bonchev–Trinajstić information content (AvgIpc) is 1.27. The van der Waals surface area contributed by atoms with Crippen LogP contribution >= 0.6 is 0 Å². The molecule has 0 aliphatic carbocycles. The third-order valence-electron chi connectivity index (χ3n) is 0.402. The lowest BCUT2D eigenvalue weighted by Gasteiger charge is -1.81. The molecular formula is C5H10OS. The van der Waals surface area contributed by atoms with Gasteiger partial charge in [0.2, 0.25) is 0 Å². The second-order valence-electron chi connectivity index (χ2n) is 1.69. The van der Waals surface area contributed by atoms with Gasteiger partial charge in [0.05, 0.1) is 0 Å². The average molecular weight is 118 g/mol. The number of hydrogen-bond donors (Lipinski definition) is 0. The van der Waals surface area contributed by atoms with Gasteiger partial charge in [-0.3, -0.25) is 4.21 Å². The van der Waals surface area contributed by atoms with Crippen LogP contribution < -0.4 is 0 Å². The molecule has 0 amide bonds. The van der Waals surface area contributed by atoms with Crippen LogP contribution in [-0.4, -0.2) is 10.5 Å². The Balaban J connectivity index is 3.68. The summed E-state index contributed by atoms with van der Waals surface area (Å²) in [6, 6.07) is 0. The molecular weight excluding hydrogens is 108 g/mol. The highest BCUT2D eigenvalue weighted by Gasteiger charge is 1.78. The van der Waals surface area contributed by atoms with Crippen LogP contribution in [0.15, 0.2) is 11.0 Å². The van der Waals surface area contributed by atoms with Gasteiger partial charge < -0.3 is 0 Å². The molecule has 0 aliphatic heterocycles. The number of hydrogen-bond acceptors (Lipinski definition) is 1. The molecule has 1 unspecified atom stereocenters. The molecule has 0 aliphatic rings. The van der Waals surface area contributed by atoms with Crippen molar-refractivity contribution < 1.29 is 4.21 Å². The predicted octanol–water partition coefficient (Wildman–Crippen LogP) is 1.29. The second-order valence-corrected chi connectivity index (χ2v) is 2.93. The van der Waals surface area contributed by atoms with Gasteiger partial charge in [0.15, 0.2) is 0 Å². The molecule has 1 atom stereocenters. The lowest BCUT2D eigenvalue weighted by Crippen LogP contribution is -1.75. The first-order valence-electron chi connectivity index (χ1n) is 2.10. The van der Waals surface area contributed by atoms with E-state index in [0.29, 0.717) is 0 Å². The van der Waals surface area contributed by atoms with E-state index in [4.69, 9.17) is 0 Å². The Hall–Kier alpha value is -0.110. The zero-order valence-corrected chi connectivity index (χ0v) is 5.71. The van der Waals surface area contributed by atoms with Crippen molar-refractivity contribution in [1.29, 1.82) is 0 Å².